The summed E-state index contributed by atoms with van der Waals surface area (Å²) >= 11 is 0. The first kappa shape index (κ1) is 18.2. The van der Waals surface area contributed by atoms with Crippen LogP contribution in [0.25, 0.3) is 0 Å². The molecule has 4 rings (SSSR count). The van der Waals surface area contributed by atoms with Crippen molar-refractivity contribution < 1.29 is 23.7 Å². The number of rotatable bonds is 5. The third kappa shape index (κ3) is 4.06. The summed E-state index contributed by atoms with van der Waals surface area (Å²) in [5.41, 5.74) is 0.790. The lowest BCUT2D eigenvalue weighted by molar-refractivity contribution is 0.115. The molecule has 2 aromatic carbocycles. The van der Waals surface area contributed by atoms with E-state index in [2.05, 4.69) is 4.90 Å². The van der Waals surface area contributed by atoms with Gasteiger partial charge in [-0.25, -0.2) is 8.78 Å². The molecule has 144 valence electrons. The molecular weight excluding hydrogens is 352 g/mol. The number of phenols is 1. The molecule has 1 saturated heterocycles. The fourth-order valence-corrected chi connectivity index (χ4v) is 4.38. The first-order valence-corrected chi connectivity index (χ1v) is 9.29. The number of likely N-dealkylation sites (tertiary alicyclic amines) is 1. The molecule has 0 amide bonds. The average molecular weight is 375 g/mol. The number of ether oxygens (including phenoxy) is 1. The van der Waals surface area contributed by atoms with Crippen LogP contribution in [0.4, 0.5) is 8.78 Å². The van der Waals surface area contributed by atoms with Gasteiger partial charge in [0.15, 0.2) is 11.6 Å². The number of aliphatic hydroxyl groups excluding tert-OH is 1. The maximum absolute atomic E-state index is 13.8. The Labute approximate surface area is 157 Å². The molecule has 0 aromatic heterocycles. The van der Waals surface area contributed by atoms with Crippen molar-refractivity contribution in [2.75, 3.05) is 19.6 Å². The molecule has 2 fully saturated rings. The second-order valence-electron chi connectivity index (χ2n) is 7.63. The third-order valence-corrected chi connectivity index (χ3v) is 5.68. The van der Waals surface area contributed by atoms with Crippen LogP contribution in [0.3, 0.4) is 0 Å². The Morgan fingerprint density at radius 3 is 2.33 bits per heavy atom. The van der Waals surface area contributed by atoms with Gasteiger partial charge < -0.3 is 14.9 Å². The van der Waals surface area contributed by atoms with Gasteiger partial charge >= 0.3 is 0 Å². The van der Waals surface area contributed by atoms with Crippen molar-refractivity contribution in [2.24, 2.45) is 11.8 Å². The van der Waals surface area contributed by atoms with Gasteiger partial charge in [0, 0.05) is 25.7 Å². The second-order valence-corrected chi connectivity index (χ2v) is 7.63. The Balaban J connectivity index is 1.29. The monoisotopic (exact) mass is 375 g/mol. The number of fused-ring (bicyclic) bond motifs is 1. The molecule has 1 saturated carbocycles. The highest BCUT2D eigenvalue weighted by Crippen LogP contribution is 2.40. The lowest BCUT2D eigenvalue weighted by Crippen LogP contribution is -2.29. The van der Waals surface area contributed by atoms with Crippen LogP contribution < -0.4 is 4.74 Å². The molecular formula is C21H23F2NO3. The van der Waals surface area contributed by atoms with Crippen LogP contribution in [0.2, 0.25) is 0 Å². The van der Waals surface area contributed by atoms with Gasteiger partial charge in [0.1, 0.15) is 11.6 Å². The van der Waals surface area contributed by atoms with Crippen molar-refractivity contribution >= 4 is 0 Å². The quantitative estimate of drug-likeness (QED) is 0.840. The molecule has 4 nitrogen and oxygen atoms in total. The van der Waals surface area contributed by atoms with Crippen molar-refractivity contribution in [3.63, 3.8) is 0 Å². The van der Waals surface area contributed by atoms with E-state index in [1.54, 1.807) is 24.3 Å². The fraction of sp³-hybridized carbons (Fsp3) is 0.429. The first-order valence-electron chi connectivity index (χ1n) is 9.29. The van der Waals surface area contributed by atoms with Crippen LogP contribution in [0.5, 0.6) is 11.5 Å². The summed E-state index contributed by atoms with van der Waals surface area (Å²) in [5.74, 6) is -0.0426. The van der Waals surface area contributed by atoms with Crippen LogP contribution >= 0.6 is 0 Å². The van der Waals surface area contributed by atoms with Gasteiger partial charge in [-0.2, -0.15) is 0 Å². The molecule has 0 bridgehead atoms. The molecule has 2 aliphatic rings. The molecule has 1 aliphatic carbocycles. The number of benzene rings is 2. The molecule has 4 atom stereocenters. The number of aromatic hydroxyl groups is 1. The summed E-state index contributed by atoms with van der Waals surface area (Å²) in [4.78, 5) is 2.25. The van der Waals surface area contributed by atoms with E-state index in [9.17, 15) is 19.0 Å². The van der Waals surface area contributed by atoms with E-state index in [0.29, 0.717) is 18.4 Å². The topological polar surface area (TPSA) is 52.9 Å². The molecule has 2 N–H and O–H groups in total. The van der Waals surface area contributed by atoms with Crippen LogP contribution in [0.15, 0.2) is 42.5 Å². The Hall–Kier alpha value is -2.18. The number of aliphatic hydroxyl groups is 1. The molecule has 27 heavy (non-hydrogen) atoms. The summed E-state index contributed by atoms with van der Waals surface area (Å²) in [7, 11) is 0. The highest BCUT2D eigenvalue weighted by atomic mass is 19.1. The molecule has 0 radical (unpaired) electrons. The maximum Gasteiger partial charge on any atom is 0.167 e. The predicted molar refractivity (Wildman–Crippen MR) is 96.5 cm³/mol. The summed E-state index contributed by atoms with van der Waals surface area (Å²) in [5, 5.41) is 19.8. The lowest BCUT2D eigenvalue weighted by atomic mass is 10.0. The van der Waals surface area contributed by atoms with E-state index < -0.39 is 17.7 Å². The fourth-order valence-electron chi connectivity index (χ4n) is 4.38. The number of phenolic OH excluding ortho intramolecular Hbond substituents is 1. The van der Waals surface area contributed by atoms with Gasteiger partial charge in [0.05, 0.1) is 12.2 Å². The molecule has 1 aliphatic heterocycles. The smallest absolute Gasteiger partial charge is 0.167 e. The van der Waals surface area contributed by atoms with Crippen molar-refractivity contribution in [2.45, 2.75) is 25.0 Å². The van der Waals surface area contributed by atoms with Crippen molar-refractivity contribution in [1.82, 2.24) is 4.90 Å². The van der Waals surface area contributed by atoms with Crippen molar-refractivity contribution in [3.05, 3.63) is 59.7 Å². The van der Waals surface area contributed by atoms with E-state index in [1.807, 2.05) is 0 Å². The zero-order chi connectivity index (χ0) is 19.0. The second kappa shape index (κ2) is 7.44. The summed E-state index contributed by atoms with van der Waals surface area (Å²) in [6.07, 6.45) is 1.04. The molecule has 2 unspecified atom stereocenters. The average Bonchev–Trinajstić information content (AvgIpc) is 3.15. The molecule has 2 aromatic rings. The standard InChI is InChI=1S/C21H23F2NO3/c22-16-3-6-21(19(23)9-16)27-18-7-14-10-24(11-15(14)8-18)12-20(26)13-1-4-17(25)5-2-13/h1-6,9,14-15,18,20,25-26H,7-8,10-12H2/t14-,15+,18?,20?. The van der Waals surface area contributed by atoms with E-state index in [0.717, 1.165) is 37.6 Å². The minimum atomic E-state index is -0.661. The first-order chi connectivity index (χ1) is 13.0. The number of hydrogen-bond donors (Lipinski definition) is 2. The van der Waals surface area contributed by atoms with Gasteiger partial charge in [0.25, 0.3) is 0 Å². The van der Waals surface area contributed by atoms with E-state index >= 15 is 0 Å². The zero-order valence-corrected chi connectivity index (χ0v) is 14.9. The highest BCUT2D eigenvalue weighted by Gasteiger charge is 2.42. The van der Waals surface area contributed by atoms with Gasteiger partial charge in [-0.1, -0.05) is 12.1 Å². The van der Waals surface area contributed by atoms with Crippen LogP contribution in [-0.4, -0.2) is 40.9 Å². The van der Waals surface area contributed by atoms with Crippen molar-refractivity contribution in [1.29, 1.82) is 0 Å². The van der Waals surface area contributed by atoms with Crippen LogP contribution in [0.1, 0.15) is 24.5 Å². The van der Waals surface area contributed by atoms with E-state index in [4.69, 9.17) is 4.74 Å². The maximum atomic E-state index is 13.8. The number of nitrogens with zero attached hydrogens (tertiary/aromatic N) is 1. The molecule has 6 heteroatoms. The minimum Gasteiger partial charge on any atom is -0.508 e. The molecule has 0 spiro atoms. The van der Waals surface area contributed by atoms with Gasteiger partial charge in [0.2, 0.25) is 0 Å². The van der Waals surface area contributed by atoms with Gasteiger partial charge in [-0.3, -0.25) is 4.90 Å². The highest BCUT2D eigenvalue weighted by molar-refractivity contribution is 5.27. The van der Waals surface area contributed by atoms with Gasteiger partial charge in [-0.15, -0.1) is 0 Å². The van der Waals surface area contributed by atoms with Crippen molar-refractivity contribution in [3.8, 4) is 11.5 Å². The van der Waals surface area contributed by atoms with E-state index in [-0.39, 0.29) is 17.6 Å². The number of halogens is 2. The Bertz CT molecular complexity index is 785. The Morgan fingerprint density at radius 1 is 1.04 bits per heavy atom. The summed E-state index contributed by atoms with van der Waals surface area (Å²) in [6, 6.07) is 10.0. The number of β-amino-alcohol motifs (C(OH)–C–C–N with tert-alkyl or cyclic N) is 1. The van der Waals surface area contributed by atoms with Gasteiger partial charge in [-0.05, 0) is 54.5 Å². The Kier molecular flexibility index (Phi) is 5.02. The minimum absolute atomic E-state index is 0.0517. The largest absolute Gasteiger partial charge is 0.508 e. The summed E-state index contributed by atoms with van der Waals surface area (Å²) in [6.45, 7) is 2.31. The van der Waals surface area contributed by atoms with Crippen LogP contribution in [-0.2, 0) is 0 Å². The Morgan fingerprint density at radius 2 is 1.70 bits per heavy atom. The SMILES string of the molecule is Oc1ccc(C(O)CN2C[C@H]3CC(Oc4ccc(F)cc4F)C[C@H]3C2)cc1. The summed E-state index contributed by atoms with van der Waals surface area (Å²) < 4.78 is 32.5. The number of hydrogen-bond acceptors (Lipinski definition) is 4. The molecule has 1 heterocycles. The van der Waals surface area contributed by atoms with E-state index in [1.165, 1.54) is 12.1 Å². The zero-order valence-electron chi connectivity index (χ0n) is 14.9. The normalized spacial score (nSPS) is 26.1. The lowest BCUT2D eigenvalue weighted by Gasteiger charge is -2.22. The third-order valence-electron chi connectivity index (χ3n) is 5.68. The predicted octanol–water partition coefficient (Wildman–Crippen LogP) is 3.49. The van der Waals surface area contributed by atoms with Crippen LogP contribution in [0, 0.1) is 23.5 Å².